The molecule has 5 aromatic carbocycles. The molecule has 43 heavy (non-hydrogen) atoms. The second-order valence-electron chi connectivity index (χ2n) is 10.3. The van der Waals surface area contributed by atoms with Gasteiger partial charge in [-0.1, -0.05) is 59.7 Å². The second kappa shape index (κ2) is 11.5. The van der Waals surface area contributed by atoms with Crippen LogP contribution in [0.5, 0.6) is 23.0 Å². The molecule has 5 rings (SSSR count). The second-order valence-corrected chi connectivity index (χ2v) is 10.3. The average Bonchev–Trinajstić information content (AvgIpc) is 2.95. The van der Waals surface area contributed by atoms with Gasteiger partial charge >= 0.3 is 12.4 Å². The van der Waals surface area contributed by atoms with Crippen LogP contribution in [0.2, 0.25) is 0 Å². The molecule has 0 aromatic heterocycles. The maximum atomic E-state index is 14.3. The van der Waals surface area contributed by atoms with Crippen molar-refractivity contribution in [2.45, 2.75) is 33.1 Å². The van der Waals surface area contributed by atoms with Crippen molar-refractivity contribution in [2.75, 3.05) is 0 Å². The summed E-state index contributed by atoms with van der Waals surface area (Å²) >= 11 is 0. The predicted octanol–water partition coefficient (Wildman–Crippen LogP) is 11.6. The molecule has 0 saturated carbocycles. The summed E-state index contributed by atoms with van der Waals surface area (Å²) in [5.74, 6) is 0.714. The molecule has 0 spiro atoms. The molecular weight excluding hydrogens is 566 g/mol. The molecule has 0 fully saturated rings. The summed E-state index contributed by atoms with van der Waals surface area (Å²) in [5.41, 5.74) is 0.387. The Kier molecular flexibility index (Phi) is 7.97. The standard InChI is InChI=1S/C35H26F6O2/c1-21-4-10-25(11-5-21)42-27-14-16-29(32(19-27)34(36,37)38)24-9-8-23(3)31(18-24)30-17-15-28(20-33(30)35(39,40)41)43-26-12-6-22(2)7-13-26/h4-20H,1-3H3. The van der Waals surface area contributed by atoms with E-state index in [0.717, 1.165) is 23.3 Å². The van der Waals surface area contributed by atoms with E-state index in [2.05, 4.69) is 0 Å². The highest BCUT2D eigenvalue weighted by molar-refractivity contribution is 5.79. The maximum absolute atomic E-state index is 14.3. The van der Waals surface area contributed by atoms with E-state index in [1.807, 2.05) is 13.8 Å². The normalized spacial score (nSPS) is 11.8. The lowest BCUT2D eigenvalue weighted by molar-refractivity contribution is -0.138. The zero-order valence-corrected chi connectivity index (χ0v) is 23.4. The van der Waals surface area contributed by atoms with Crippen molar-refractivity contribution in [2.24, 2.45) is 0 Å². The molecule has 0 saturated heterocycles. The van der Waals surface area contributed by atoms with Crippen LogP contribution in [0.15, 0.2) is 103 Å². The Balaban J connectivity index is 1.56. The molecule has 220 valence electrons. The highest BCUT2D eigenvalue weighted by atomic mass is 19.4. The van der Waals surface area contributed by atoms with Gasteiger partial charge in [-0.3, -0.25) is 0 Å². The van der Waals surface area contributed by atoms with Crippen molar-refractivity contribution in [1.29, 1.82) is 0 Å². The first kappa shape index (κ1) is 29.8. The van der Waals surface area contributed by atoms with Crippen LogP contribution in [0.25, 0.3) is 22.3 Å². The largest absolute Gasteiger partial charge is 0.457 e. The van der Waals surface area contributed by atoms with E-state index in [1.54, 1.807) is 55.5 Å². The molecule has 0 N–H and O–H groups in total. The molecule has 0 heterocycles. The SMILES string of the molecule is Cc1ccc(Oc2ccc(-c3ccc(C)c(-c4ccc(Oc5ccc(C)cc5)cc4C(F)(F)F)c3)c(C(F)(F)F)c2)cc1. The van der Waals surface area contributed by atoms with Crippen molar-refractivity contribution in [3.05, 3.63) is 131 Å². The zero-order chi connectivity index (χ0) is 30.9. The Morgan fingerprint density at radius 2 is 0.837 bits per heavy atom. The first-order valence-corrected chi connectivity index (χ1v) is 13.3. The Bertz CT molecular complexity index is 1750. The van der Waals surface area contributed by atoms with Gasteiger partial charge in [-0.15, -0.1) is 0 Å². The van der Waals surface area contributed by atoms with E-state index in [9.17, 15) is 26.3 Å². The summed E-state index contributed by atoms with van der Waals surface area (Å²) in [7, 11) is 0. The van der Waals surface area contributed by atoms with Gasteiger partial charge in [0.2, 0.25) is 0 Å². The van der Waals surface area contributed by atoms with Crippen LogP contribution in [-0.2, 0) is 12.4 Å². The molecule has 0 unspecified atom stereocenters. The fourth-order valence-electron chi connectivity index (χ4n) is 4.69. The third kappa shape index (κ3) is 6.85. The van der Waals surface area contributed by atoms with Gasteiger partial charge in [0.25, 0.3) is 0 Å². The number of aryl methyl sites for hydroxylation is 3. The lowest BCUT2D eigenvalue weighted by atomic mass is 9.90. The lowest BCUT2D eigenvalue weighted by Gasteiger charge is -2.19. The van der Waals surface area contributed by atoms with Gasteiger partial charge in [0.05, 0.1) is 11.1 Å². The minimum absolute atomic E-state index is 0.0164. The quantitative estimate of drug-likeness (QED) is 0.183. The van der Waals surface area contributed by atoms with E-state index >= 15 is 0 Å². The van der Waals surface area contributed by atoms with Crippen molar-refractivity contribution >= 4 is 0 Å². The van der Waals surface area contributed by atoms with Gasteiger partial charge in [-0.05, 0) is 103 Å². The van der Waals surface area contributed by atoms with E-state index < -0.39 is 23.5 Å². The van der Waals surface area contributed by atoms with Gasteiger partial charge < -0.3 is 9.47 Å². The number of hydrogen-bond acceptors (Lipinski definition) is 2. The first-order valence-electron chi connectivity index (χ1n) is 13.3. The van der Waals surface area contributed by atoms with Gasteiger partial charge in [0.15, 0.2) is 0 Å². The summed E-state index contributed by atoms with van der Waals surface area (Å²) in [6.45, 7) is 5.36. The van der Waals surface area contributed by atoms with E-state index in [-0.39, 0.29) is 33.8 Å². The molecular formula is C35H26F6O2. The minimum atomic E-state index is -4.75. The van der Waals surface area contributed by atoms with Gasteiger partial charge in [0.1, 0.15) is 23.0 Å². The van der Waals surface area contributed by atoms with E-state index in [1.165, 1.54) is 42.5 Å². The Morgan fingerprint density at radius 1 is 0.419 bits per heavy atom. The molecule has 0 aliphatic carbocycles. The Hall–Kier alpha value is -4.72. The molecule has 0 amide bonds. The highest BCUT2D eigenvalue weighted by Crippen LogP contribution is 2.44. The Labute approximate surface area is 245 Å². The molecule has 2 nitrogen and oxygen atoms in total. The number of benzene rings is 5. The van der Waals surface area contributed by atoms with Crippen LogP contribution >= 0.6 is 0 Å². The molecule has 5 aromatic rings. The monoisotopic (exact) mass is 592 g/mol. The van der Waals surface area contributed by atoms with Crippen molar-refractivity contribution in [1.82, 2.24) is 0 Å². The summed E-state index contributed by atoms with van der Waals surface area (Å²) in [4.78, 5) is 0. The van der Waals surface area contributed by atoms with E-state index in [0.29, 0.717) is 17.1 Å². The van der Waals surface area contributed by atoms with Crippen molar-refractivity contribution < 1.29 is 35.8 Å². The predicted molar refractivity (Wildman–Crippen MR) is 155 cm³/mol. The fraction of sp³-hybridized carbons (Fsp3) is 0.143. The highest BCUT2D eigenvalue weighted by Gasteiger charge is 2.36. The summed E-state index contributed by atoms with van der Waals surface area (Å²) in [6.07, 6.45) is -9.50. The van der Waals surface area contributed by atoms with E-state index in [4.69, 9.17) is 9.47 Å². The molecule has 0 aliphatic heterocycles. The fourth-order valence-corrected chi connectivity index (χ4v) is 4.69. The first-order chi connectivity index (χ1) is 20.3. The maximum Gasteiger partial charge on any atom is 0.417 e. The molecule has 0 radical (unpaired) electrons. The van der Waals surface area contributed by atoms with Crippen LogP contribution in [0.4, 0.5) is 26.3 Å². The summed E-state index contributed by atoms with van der Waals surface area (Å²) < 4.78 is 97.0. The Morgan fingerprint density at radius 3 is 1.30 bits per heavy atom. The summed E-state index contributed by atoms with van der Waals surface area (Å²) in [6, 6.07) is 25.2. The third-order valence-electron chi connectivity index (χ3n) is 6.94. The molecule has 8 heteroatoms. The topological polar surface area (TPSA) is 18.5 Å². The number of halogens is 6. The van der Waals surface area contributed by atoms with Crippen molar-refractivity contribution in [3.63, 3.8) is 0 Å². The number of rotatable bonds is 6. The smallest absolute Gasteiger partial charge is 0.417 e. The van der Waals surface area contributed by atoms with Crippen LogP contribution in [0.1, 0.15) is 27.8 Å². The zero-order valence-electron chi connectivity index (χ0n) is 23.4. The van der Waals surface area contributed by atoms with Crippen LogP contribution < -0.4 is 9.47 Å². The number of hydrogen-bond donors (Lipinski definition) is 0. The minimum Gasteiger partial charge on any atom is -0.457 e. The molecule has 0 atom stereocenters. The van der Waals surface area contributed by atoms with Gasteiger partial charge in [-0.2, -0.15) is 26.3 Å². The van der Waals surface area contributed by atoms with Gasteiger partial charge in [-0.25, -0.2) is 0 Å². The number of alkyl halides is 6. The summed E-state index contributed by atoms with van der Waals surface area (Å²) in [5, 5.41) is 0. The third-order valence-corrected chi connectivity index (χ3v) is 6.94. The average molecular weight is 593 g/mol. The molecule has 0 aliphatic rings. The van der Waals surface area contributed by atoms with Crippen molar-refractivity contribution in [3.8, 4) is 45.3 Å². The van der Waals surface area contributed by atoms with Crippen LogP contribution in [0, 0.1) is 20.8 Å². The molecule has 0 bridgehead atoms. The van der Waals surface area contributed by atoms with Crippen LogP contribution in [-0.4, -0.2) is 0 Å². The number of ether oxygens (including phenoxy) is 2. The van der Waals surface area contributed by atoms with Crippen LogP contribution in [0.3, 0.4) is 0 Å². The van der Waals surface area contributed by atoms with Gasteiger partial charge in [0, 0.05) is 0 Å². The lowest BCUT2D eigenvalue weighted by Crippen LogP contribution is -2.09.